The van der Waals surface area contributed by atoms with Gasteiger partial charge in [-0.05, 0) is 49.7 Å². The molecule has 0 aliphatic carbocycles. The molecule has 11 heteroatoms. The van der Waals surface area contributed by atoms with Crippen LogP contribution in [0.1, 0.15) is 17.0 Å². The molecule has 176 valence electrons. The molecule has 0 fully saturated rings. The number of hydrogen-bond acceptors (Lipinski definition) is 7. The Kier molecular flexibility index (Phi) is 7.25. The highest BCUT2D eigenvalue weighted by atomic mass is 32.2. The number of aryl methyl sites for hydroxylation is 2. The van der Waals surface area contributed by atoms with E-state index in [1.54, 1.807) is 34.8 Å². The number of fused-ring (bicyclic) bond motifs is 1. The van der Waals surface area contributed by atoms with Crippen molar-refractivity contribution in [2.45, 2.75) is 30.2 Å². The number of anilines is 1. The van der Waals surface area contributed by atoms with E-state index < -0.39 is 10.0 Å². The summed E-state index contributed by atoms with van der Waals surface area (Å²) >= 11 is 1.30. The number of rotatable bonds is 9. The van der Waals surface area contributed by atoms with E-state index in [9.17, 15) is 13.2 Å². The molecule has 0 aliphatic heterocycles. The van der Waals surface area contributed by atoms with Crippen LogP contribution in [0.3, 0.4) is 0 Å². The number of carbonyl (C=O) groups excluding carboxylic acids is 1. The van der Waals surface area contributed by atoms with Crippen LogP contribution in [0, 0.1) is 13.8 Å². The molecule has 2 heterocycles. The van der Waals surface area contributed by atoms with Gasteiger partial charge in [0.2, 0.25) is 15.9 Å². The Bertz CT molecular complexity index is 1420. The summed E-state index contributed by atoms with van der Waals surface area (Å²) in [6.45, 7) is 4.11. The van der Waals surface area contributed by atoms with Crippen LogP contribution in [-0.2, 0) is 21.2 Å². The fourth-order valence-corrected chi connectivity index (χ4v) is 5.02. The summed E-state index contributed by atoms with van der Waals surface area (Å²) in [5.41, 5.74) is 3.48. The van der Waals surface area contributed by atoms with Crippen LogP contribution in [0.2, 0.25) is 0 Å². The molecule has 2 aromatic carbocycles. The SMILES string of the molecule is Cc1ccc(NC(=O)CSc2ccc3nnc(CCNS(=O)(=O)c4ccccc4)n3n2)c(C)c1. The van der Waals surface area contributed by atoms with Crippen molar-refractivity contribution in [3.8, 4) is 0 Å². The maximum Gasteiger partial charge on any atom is 0.240 e. The van der Waals surface area contributed by atoms with E-state index in [0.29, 0.717) is 22.9 Å². The number of amides is 1. The molecule has 4 rings (SSSR count). The van der Waals surface area contributed by atoms with E-state index in [4.69, 9.17) is 0 Å². The lowest BCUT2D eigenvalue weighted by Gasteiger charge is -2.09. The Balaban J connectivity index is 1.37. The third-order valence-electron chi connectivity index (χ3n) is 5.00. The lowest BCUT2D eigenvalue weighted by atomic mass is 10.1. The van der Waals surface area contributed by atoms with Gasteiger partial charge < -0.3 is 5.32 Å². The van der Waals surface area contributed by atoms with Crippen LogP contribution in [0.5, 0.6) is 0 Å². The molecule has 0 atom stereocenters. The van der Waals surface area contributed by atoms with Crippen LogP contribution < -0.4 is 10.0 Å². The second kappa shape index (κ2) is 10.3. The number of aromatic nitrogens is 4. The maximum absolute atomic E-state index is 12.4. The first-order valence-corrected chi connectivity index (χ1v) is 13.0. The second-order valence-corrected chi connectivity index (χ2v) is 10.4. The number of benzene rings is 2. The minimum atomic E-state index is -3.60. The van der Waals surface area contributed by atoms with Gasteiger partial charge in [-0.2, -0.15) is 9.61 Å². The molecule has 0 unspecified atom stereocenters. The average molecular weight is 497 g/mol. The van der Waals surface area contributed by atoms with Gasteiger partial charge in [-0.1, -0.05) is 47.7 Å². The predicted molar refractivity (Wildman–Crippen MR) is 131 cm³/mol. The van der Waals surface area contributed by atoms with Crippen LogP contribution in [-0.4, -0.2) is 46.4 Å². The summed E-state index contributed by atoms with van der Waals surface area (Å²) in [5.74, 6) is 0.589. The average Bonchev–Trinajstić information content (AvgIpc) is 3.22. The van der Waals surface area contributed by atoms with Gasteiger partial charge in [0.15, 0.2) is 11.5 Å². The quantitative estimate of drug-likeness (QED) is 0.342. The van der Waals surface area contributed by atoms with Crippen LogP contribution >= 0.6 is 11.8 Å². The van der Waals surface area contributed by atoms with E-state index in [1.165, 1.54) is 23.9 Å². The highest BCUT2D eigenvalue weighted by Gasteiger charge is 2.15. The fraction of sp³-hybridized carbons (Fsp3) is 0.217. The van der Waals surface area contributed by atoms with E-state index >= 15 is 0 Å². The van der Waals surface area contributed by atoms with E-state index in [1.807, 2.05) is 32.0 Å². The predicted octanol–water partition coefficient (Wildman–Crippen LogP) is 2.99. The topological polar surface area (TPSA) is 118 Å². The fourth-order valence-electron chi connectivity index (χ4n) is 3.31. The molecule has 0 saturated heterocycles. The molecule has 0 radical (unpaired) electrons. The zero-order valence-corrected chi connectivity index (χ0v) is 20.4. The van der Waals surface area contributed by atoms with Crippen LogP contribution in [0.25, 0.3) is 5.65 Å². The molecule has 2 aromatic heterocycles. The number of nitrogens with zero attached hydrogens (tertiary/aromatic N) is 4. The second-order valence-electron chi connectivity index (χ2n) is 7.67. The van der Waals surface area contributed by atoms with E-state index in [2.05, 4.69) is 25.3 Å². The summed E-state index contributed by atoms with van der Waals surface area (Å²) in [6.07, 6.45) is 0.307. The van der Waals surface area contributed by atoms with Crippen molar-refractivity contribution < 1.29 is 13.2 Å². The molecule has 0 spiro atoms. The van der Waals surface area contributed by atoms with Gasteiger partial charge in [0.25, 0.3) is 0 Å². The summed E-state index contributed by atoms with van der Waals surface area (Å²) in [7, 11) is -3.60. The highest BCUT2D eigenvalue weighted by Crippen LogP contribution is 2.19. The van der Waals surface area contributed by atoms with Gasteiger partial charge in [0, 0.05) is 18.7 Å². The van der Waals surface area contributed by atoms with E-state index in [-0.39, 0.29) is 23.1 Å². The highest BCUT2D eigenvalue weighted by molar-refractivity contribution is 7.99. The zero-order valence-electron chi connectivity index (χ0n) is 18.7. The van der Waals surface area contributed by atoms with Crippen LogP contribution in [0.15, 0.2) is 70.6 Å². The van der Waals surface area contributed by atoms with Gasteiger partial charge in [-0.3, -0.25) is 4.79 Å². The van der Waals surface area contributed by atoms with Crippen molar-refractivity contribution in [2.24, 2.45) is 0 Å². The summed E-state index contributed by atoms with van der Waals surface area (Å²) in [6, 6.07) is 17.6. The van der Waals surface area contributed by atoms with Gasteiger partial charge in [-0.15, -0.1) is 10.2 Å². The molecular weight excluding hydrogens is 472 g/mol. The number of thioether (sulfide) groups is 1. The van der Waals surface area contributed by atoms with Gasteiger partial charge >= 0.3 is 0 Å². The molecule has 0 bridgehead atoms. The first kappa shape index (κ1) is 23.9. The Morgan fingerprint density at radius 2 is 1.82 bits per heavy atom. The van der Waals surface area contributed by atoms with Gasteiger partial charge in [0.05, 0.1) is 10.6 Å². The van der Waals surface area contributed by atoms with E-state index in [0.717, 1.165) is 16.8 Å². The molecule has 0 saturated carbocycles. The molecule has 9 nitrogen and oxygen atoms in total. The largest absolute Gasteiger partial charge is 0.325 e. The monoisotopic (exact) mass is 496 g/mol. The van der Waals surface area contributed by atoms with Crippen molar-refractivity contribution in [2.75, 3.05) is 17.6 Å². The summed E-state index contributed by atoms with van der Waals surface area (Å²) in [4.78, 5) is 12.6. The number of hydrogen-bond donors (Lipinski definition) is 2. The zero-order chi connectivity index (χ0) is 24.1. The Morgan fingerprint density at radius 1 is 1.03 bits per heavy atom. The lowest BCUT2D eigenvalue weighted by Crippen LogP contribution is -2.26. The van der Waals surface area contributed by atoms with Gasteiger partial charge in [0.1, 0.15) is 5.03 Å². The van der Waals surface area contributed by atoms with Crippen molar-refractivity contribution in [3.63, 3.8) is 0 Å². The summed E-state index contributed by atoms with van der Waals surface area (Å²) in [5, 5.41) is 16.3. The minimum Gasteiger partial charge on any atom is -0.325 e. The summed E-state index contributed by atoms with van der Waals surface area (Å²) < 4.78 is 28.9. The third kappa shape index (κ3) is 5.79. The van der Waals surface area contributed by atoms with Crippen molar-refractivity contribution in [1.82, 2.24) is 24.5 Å². The smallest absolute Gasteiger partial charge is 0.240 e. The Morgan fingerprint density at radius 3 is 2.59 bits per heavy atom. The minimum absolute atomic E-state index is 0.127. The number of sulfonamides is 1. The molecule has 2 N–H and O–H groups in total. The Hall–Kier alpha value is -3.28. The molecule has 4 aromatic rings. The van der Waals surface area contributed by atoms with Crippen molar-refractivity contribution in [3.05, 3.63) is 77.6 Å². The van der Waals surface area contributed by atoms with Gasteiger partial charge in [-0.25, -0.2) is 13.1 Å². The number of nitrogens with one attached hydrogen (secondary N) is 2. The normalized spacial score (nSPS) is 11.6. The third-order valence-corrected chi connectivity index (χ3v) is 7.40. The molecule has 1 amide bonds. The molecule has 34 heavy (non-hydrogen) atoms. The Labute approximate surface area is 202 Å². The first-order valence-electron chi connectivity index (χ1n) is 10.6. The standard InChI is InChI=1S/C23H24N6O3S2/c1-16-8-9-19(17(2)14-16)25-22(30)15-33-23-11-10-20-26-27-21(29(20)28-23)12-13-24-34(31,32)18-6-4-3-5-7-18/h3-11,14,24H,12-13,15H2,1-2H3,(H,25,30). The molecular formula is C23H24N6O3S2. The first-order chi connectivity index (χ1) is 16.3. The lowest BCUT2D eigenvalue weighted by molar-refractivity contribution is -0.113. The number of carbonyl (C=O) groups is 1. The maximum atomic E-state index is 12.4. The van der Waals surface area contributed by atoms with Crippen molar-refractivity contribution in [1.29, 1.82) is 0 Å². The van der Waals surface area contributed by atoms with Crippen molar-refractivity contribution >= 4 is 39.0 Å². The molecule has 0 aliphatic rings. The van der Waals surface area contributed by atoms with Crippen LogP contribution in [0.4, 0.5) is 5.69 Å².